The standard InChI is InChI=1S/C27H25BrN6O8/c1-3-32(12-11-26(37)42-16-25(36)18-7-5-4-6-8-18)19-9-10-22(23(14-19)29-17(2)35)30-31-27-21(28)13-20(33(38)39)15-24(27)34(40)41/h4-10,13-15H,3,11-12,16H2,1-2H3,(H,29,35). The van der Waals surface area contributed by atoms with Gasteiger partial charge in [0.15, 0.2) is 18.1 Å². The summed E-state index contributed by atoms with van der Waals surface area (Å²) in [5, 5.41) is 33.2. The van der Waals surface area contributed by atoms with E-state index in [0.29, 0.717) is 17.8 Å². The molecule has 0 heterocycles. The van der Waals surface area contributed by atoms with E-state index >= 15 is 0 Å². The van der Waals surface area contributed by atoms with Crippen LogP contribution in [0.25, 0.3) is 0 Å². The van der Waals surface area contributed by atoms with Gasteiger partial charge in [-0.2, -0.15) is 0 Å². The van der Waals surface area contributed by atoms with E-state index in [0.717, 1.165) is 12.1 Å². The van der Waals surface area contributed by atoms with Crippen LogP contribution in [-0.4, -0.2) is 47.2 Å². The van der Waals surface area contributed by atoms with Gasteiger partial charge >= 0.3 is 11.7 Å². The lowest BCUT2D eigenvalue weighted by molar-refractivity contribution is -0.393. The third kappa shape index (κ3) is 8.47. The molecule has 1 N–H and O–H groups in total. The van der Waals surface area contributed by atoms with Gasteiger partial charge in [-0.15, -0.1) is 10.2 Å². The number of halogens is 1. The van der Waals surface area contributed by atoms with E-state index in [4.69, 9.17) is 4.74 Å². The van der Waals surface area contributed by atoms with Crippen LogP contribution in [0.4, 0.5) is 34.1 Å². The number of nitro benzene ring substituents is 2. The Hall–Kier alpha value is -5.05. The maximum atomic E-state index is 12.3. The van der Waals surface area contributed by atoms with Crippen molar-refractivity contribution in [2.45, 2.75) is 20.3 Å². The van der Waals surface area contributed by atoms with Gasteiger partial charge in [-0.1, -0.05) is 30.3 Å². The minimum atomic E-state index is -0.814. The van der Waals surface area contributed by atoms with Gasteiger partial charge in [0.2, 0.25) is 5.91 Å². The second-order valence-corrected chi connectivity index (χ2v) is 9.53. The number of azo groups is 1. The first kappa shape index (κ1) is 31.5. The molecule has 3 rings (SSSR count). The zero-order valence-corrected chi connectivity index (χ0v) is 24.1. The maximum Gasteiger partial charge on any atom is 0.308 e. The largest absolute Gasteiger partial charge is 0.457 e. The number of nitro groups is 2. The molecule has 15 heteroatoms. The van der Waals surface area contributed by atoms with Crippen molar-refractivity contribution in [1.29, 1.82) is 0 Å². The molecule has 0 saturated heterocycles. The highest BCUT2D eigenvalue weighted by Crippen LogP contribution is 2.40. The summed E-state index contributed by atoms with van der Waals surface area (Å²) in [5.41, 5.74) is 0.0778. The Balaban J connectivity index is 1.78. The number of benzene rings is 3. The fourth-order valence-corrected chi connectivity index (χ4v) is 4.25. The van der Waals surface area contributed by atoms with Crippen LogP contribution in [0, 0.1) is 20.2 Å². The first-order chi connectivity index (χ1) is 20.0. The van der Waals surface area contributed by atoms with Crippen molar-refractivity contribution < 1.29 is 29.0 Å². The van der Waals surface area contributed by atoms with Crippen molar-refractivity contribution in [2.75, 3.05) is 29.9 Å². The molecule has 0 unspecified atom stereocenters. The van der Waals surface area contributed by atoms with Crippen molar-refractivity contribution in [3.8, 4) is 0 Å². The molecule has 218 valence electrons. The summed E-state index contributed by atoms with van der Waals surface area (Å²) in [4.78, 5) is 59.2. The Bertz CT molecular complexity index is 1550. The van der Waals surface area contributed by atoms with Gasteiger partial charge in [0.05, 0.1) is 32.5 Å². The monoisotopic (exact) mass is 640 g/mol. The molecule has 3 aromatic carbocycles. The SMILES string of the molecule is CCN(CCC(=O)OCC(=O)c1ccccc1)c1ccc(N=Nc2c(Br)cc([N+](=O)[O-])cc2[N+](=O)[O-])c(NC(C)=O)c1. The summed E-state index contributed by atoms with van der Waals surface area (Å²) < 4.78 is 5.11. The molecular formula is C27H25BrN6O8. The molecule has 3 aromatic rings. The first-order valence-corrected chi connectivity index (χ1v) is 13.2. The van der Waals surface area contributed by atoms with Crippen LogP contribution in [0.2, 0.25) is 0 Å². The molecule has 0 aliphatic heterocycles. The van der Waals surface area contributed by atoms with Crippen molar-refractivity contribution in [3.05, 3.63) is 90.9 Å². The number of amides is 1. The first-order valence-electron chi connectivity index (χ1n) is 12.4. The molecule has 0 fully saturated rings. The molecular weight excluding hydrogens is 616 g/mol. The summed E-state index contributed by atoms with van der Waals surface area (Å²) in [6.45, 7) is 3.51. The van der Waals surface area contributed by atoms with E-state index < -0.39 is 33.1 Å². The lowest BCUT2D eigenvalue weighted by Gasteiger charge is -2.23. The molecule has 0 saturated carbocycles. The van der Waals surface area contributed by atoms with Crippen LogP contribution in [-0.2, 0) is 14.3 Å². The Morgan fingerprint density at radius 1 is 1.00 bits per heavy atom. The minimum Gasteiger partial charge on any atom is -0.457 e. The number of non-ortho nitro benzene ring substituents is 1. The Morgan fingerprint density at radius 3 is 2.33 bits per heavy atom. The zero-order chi connectivity index (χ0) is 30.8. The van der Waals surface area contributed by atoms with Crippen LogP contribution in [0.3, 0.4) is 0 Å². The highest BCUT2D eigenvalue weighted by atomic mass is 79.9. The Morgan fingerprint density at radius 2 is 1.71 bits per heavy atom. The molecule has 0 bridgehead atoms. The van der Waals surface area contributed by atoms with Crippen LogP contribution < -0.4 is 10.2 Å². The number of hydrogen-bond acceptors (Lipinski definition) is 11. The van der Waals surface area contributed by atoms with E-state index in [2.05, 4.69) is 31.5 Å². The molecule has 0 atom stereocenters. The highest BCUT2D eigenvalue weighted by Gasteiger charge is 2.24. The van der Waals surface area contributed by atoms with Crippen molar-refractivity contribution in [2.24, 2.45) is 10.2 Å². The Labute approximate surface area is 247 Å². The van der Waals surface area contributed by atoms with Gasteiger partial charge in [0.25, 0.3) is 5.69 Å². The van der Waals surface area contributed by atoms with Gasteiger partial charge in [-0.25, -0.2) is 0 Å². The summed E-state index contributed by atoms with van der Waals surface area (Å²) in [7, 11) is 0. The number of Topliss-reactive ketones (excluding diaryl/α,β-unsaturated/α-hetero) is 1. The molecule has 0 radical (unpaired) electrons. The number of carbonyl (C=O) groups excluding carboxylic acids is 3. The van der Waals surface area contributed by atoms with E-state index in [-0.39, 0.29) is 46.9 Å². The minimum absolute atomic E-state index is 0.00925. The van der Waals surface area contributed by atoms with Crippen LogP contribution in [0.15, 0.2) is 75.4 Å². The van der Waals surface area contributed by atoms with Crippen molar-refractivity contribution >= 4 is 67.7 Å². The fourth-order valence-electron chi connectivity index (χ4n) is 3.74. The molecule has 42 heavy (non-hydrogen) atoms. The predicted octanol–water partition coefficient (Wildman–Crippen LogP) is 6.28. The zero-order valence-electron chi connectivity index (χ0n) is 22.5. The highest BCUT2D eigenvalue weighted by molar-refractivity contribution is 9.10. The van der Waals surface area contributed by atoms with E-state index in [1.54, 1.807) is 42.5 Å². The number of esters is 1. The van der Waals surface area contributed by atoms with E-state index in [9.17, 15) is 34.6 Å². The number of ether oxygens (including phenoxy) is 1. The van der Waals surface area contributed by atoms with Gasteiger partial charge in [0, 0.05) is 37.3 Å². The number of nitrogens with zero attached hydrogens (tertiary/aromatic N) is 5. The lowest BCUT2D eigenvalue weighted by Crippen LogP contribution is -2.27. The molecule has 14 nitrogen and oxygen atoms in total. The summed E-state index contributed by atoms with van der Waals surface area (Å²) in [6.07, 6.45) is -0.00925. The van der Waals surface area contributed by atoms with Crippen molar-refractivity contribution in [3.63, 3.8) is 0 Å². The average Bonchev–Trinajstić information content (AvgIpc) is 2.95. The average molecular weight is 641 g/mol. The van der Waals surface area contributed by atoms with Gasteiger partial charge in [0.1, 0.15) is 5.69 Å². The maximum absolute atomic E-state index is 12.3. The van der Waals surface area contributed by atoms with Crippen LogP contribution in [0.5, 0.6) is 0 Å². The number of hydrogen-bond donors (Lipinski definition) is 1. The topological polar surface area (TPSA) is 187 Å². The van der Waals surface area contributed by atoms with Gasteiger partial charge < -0.3 is 15.0 Å². The molecule has 0 aromatic heterocycles. The Kier molecular flexibility index (Phi) is 10.9. The van der Waals surface area contributed by atoms with Gasteiger partial charge in [-0.05, 0) is 41.1 Å². The predicted molar refractivity (Wildman–Crippen MR) is 157 cm³/mol. The second-order valence-electron chi connectivity index (χ2n) is 8.67. The number of anilines is 2. The molecule has 1 amide bonds. The smallest absolute Gasteiger partial charge is 0.308 e. The van der Waals surface area contributed by atoms with E-state index in [1.807, 2.05) is 11.8 Å². The van der Waals surface area contributed by atoms with Crippen LogP contribution in [0.1, 0.15) is 30.6 Å². The quantitative estimate of drug-likeness (QED) is 0.0736. The number of nitrogens with one attached hydrogen (secondary N) is 1. The molecule has 0 aliphatic carbocycles. The lowest BCUT2D eigenvalue weighted by atomic mass is 10.1. The number of carbonyl (C=O) groups is 3. The molecule has 0 aliphatic rings. The van der Waals surface area contributed by atoms with Crippen molar-refractivity contribution in [1.82, 2.24) is 0 Å². The third-order valence-electron chi connectivity index (χ3n) is 5.78. The molecule has 0 spiro atoms. The number of rotatable bonds is 13. The summed E-state index contributed by atoms with van der Waals surface area (Å²) >= 11 is 3.07. The summed E-state index contributed by atoms with van der Waals surface area (Å²) in [5.74, 6) is -1.28. The normalized spacial score (nSPS) is 10.7. The van der Waals surface area contributed by atoms with Gasteiger partial charge in [-0.3, -0.25) is 34.6 Å². The second kappa shape index (κ2) is 14.5. The third-order valence-corrected chi connectivity index (χ3v) is 6.38. The number of ketones is 1. The summed E-state index contributed by atoms with van der Waals surface area (Å²) in [6, 6.07) is 15.1. The van der Waals surface area contributed by atoms with E-state index in [1.165, 1.54) is 13.0 Å². The fraction of sp³-hybridized carbons (Fsp3) is 0.222. The van der Waals surface area contributed by atoms with Crippen LogP contribution >= 0.6 is 15.9 Å².